The van der Waals surface area contributed by atoms with Crippen molar-refractivity contribution in [1.29, 1.82) is 0 Å². The Balaban J connectivity index is 2.04. The first-order valence-electron chi connectivity index (χ1n) is 16.0. The minimum atomic E-state index is -1.39. The zero-order valence-corrected chi connectivity index (χ0v) is 28.4. The second kappa shape index (κ2) is 14.7. The highest BCUT2D eigenvalue weighted by Crippen LogP contribution is 2.41. The van der Waals surface area contributed by atoms with Crippen LogP contribution in [0.15, 0.2) is 0 Å². The molecule has 0 amide bonds. The maximum atomic E-state index is 14.0. The molecule has 3 rings (SSSR count). The number of hydrogen-bond acceptors (Lipinski definition) is 12. The van der Waals surface area contributed by atoms with Gasteiger partial charge in [0.2, 0.25) is 0 Å². The van der Waals surface area contributed by atoms with Gasteiger partial charge in [-0.05, 0) is 67.1 Å². The highest BCUT2D eigenvalue weighted by atomic mass is 16.7. The van der Waals surface area contributed by atoms with Crippen LogP contribution in [0.2, 0.25) is 0 Å². The summed E-state index contributed by atoms with van der Waals surface area (Å²) in [6.07, 6.45) is -4.73. The van der Waals surface area contributed by atoms with Crippen LogP contribution in [0.3, 0.4) is 0 Å². The molecule has 3 fully saturated rings. The first kappa shape index (κ1) is 37.3. The molecule has 13 heteroatoms. The third-order valence-electron chi connectivity index (χ3n) is 10.3. The van der Waals surface area contributed by atoms with E-state index in [9.17, 15) is 29.4 Å². The second-order valence-corrected chi connectivity index (χ2v) is 13.9. The maximum absolute atomic E-state index is 14.0. The number of carboxylic acids is 1. The molecule has 2 unspecified atom stereocenters. The number of carbonyl (C=O) groups is 4. The number of nitrogens with one attached hydrogen (secondary N) is 1. The van der Waals surface area contributed by atoms with Crippen LogP contribution in [0.1, 0.15) is 74.1 Å². The molecule has 0 aromatic heterocycles. The summed E-state index contributed by atoms with van der Waals surface area (Å²) in [5.41, 5.74) is -2.22. The molecule has 0 bridgehead atoms. The molecule has 0 saturated carbocycles. The number of Topliss-reactive ketones (excluding diaryl/α,β-unsaturated/α-hetero) is 1. The van der Waals surface area contributed by atoms with Crippen molar-refractivity contribution >= 4 is 23.7 Å². The van der Waals surface area contributed by atoms with Gasteiger partial charge in [-0.2, -0.15) is 0 Å². The molecular formula is C32H54N2O11. The van der Waals surface area contributed by atoms with E-state index in [4.69, 9.17) is 23.7 Å². The van der Waals surface area contributed by atoms with Gasteiger partial charge in [-0.1, -0.05) is 20.8 Å². The smallest absolute Gasteiger partial charge is 0.333 e. The molecule has 45 heavy (non-hydrogen) atoms. The van der Waals surface area contributed by atoms with Gasteiger partial charge in [-0.25, -0.2) is 4.79 Å². The number of fused-ring (bicyclic) bond motifs is 1. The van der Waals surface area contributed by atoms with Crippen LogP contribution in [0, 0.1) is 23.7 Å². The van der Waals surface area contributed by atoms with Crippen molar-refractivity contribution in [3.8, 4) is 0 Å². The molecule has 0 radical (unpaired) electrons. The van der Waals surface area contributed by atoms with E-state index in [-0.39, 0.29) is 36.7 Å². The number of rotatable bonds is 6. The molecule has 0 spiro atoms. The third-order valence-corrected chi connectivity index (χ3v) is 10.3. The van der Waals surface area contributed by atoms with Crippen molar-refractivity contribution in [2.75, 3.05) is 27.7 Å². The number of aliphatic hydroxyl groups excluding tert-OH is 1. The van der Waals surface area contributed by atoms with E-state index in [2.05, 4.69) is 5.32 Å². The standard InChI is InChI=1S/C32H54N2O11/c1-11-23-32(7)20(12-24(35)45-32)19(5)33-15-16(2)14-31(6,41-10)27(17(3)25(36)18(4)29(40)43-23)44-30-26(37)21(34(8)9)13-22(42-30)28(38)39/h16-23,26-27,30,33,37H,11-15H2,1-10H3,(H,38,39)/t16-,17+,18?,19-,20-,21?,22+,23-,26-,27-,30+,31-,32+/m1/s1. The maximum Gasteiger partial charge on any atom is 0.333 e. The zero-order chi connectivity index (χ0) is 34.0. The zero-order valence-electron chi connectivity index (χ0n) is 28.4. The SMILES string of the molecule is CC[C@H]1OC(=O)C(C)C(=O)[C@H](C)[C@@H](O[C@@H]2O[C@H](C(=O)O)CC(N(C)C)[C@H]2O)[C@](C)(OC)C[C@@H](C)CN[C@H](C)[C@H]2CC(=O)O[C@@]21C. The Hall–Kier alpha value is -2.16. The average Bonchev–Trinajstić information content (AvgIpc) is 3.30. The van der Waals surface area contributed by atoms with Crippen molar-refractivity contribution in [3.63, 3.8) is 0 Å². The number of hydrogen-bond donors (Lipinski definition) is 3. The van der Waals surface area contributed by atoms with E-state index in [1.165, 1.54) is 14.0 Å². The van der Waals surface area contributed by atoms with Gasteiger partial charge < -0.3 is 44.1 Å². The number of aliphatic carboxylic acids is 1. The highest BCUT2D eigenvalue weighted by molar-refractivity contribution is 6.00. The molecule has 3 aliphatic heterocycles. The van der Waals surface area contributed by atoms with Gasteiger partial charge in [0, 0.05) is 37.5 Å². The van der Waals surface area contributed by atoms with E-state index in [1.54, 1.807) is 39.8 Å². The molecular weight excluding hydrogens is 588 g/mol. The summed E-state index contributed by atoms with van der Waals surface area (Å²) in [6.45, 7) is 13.0. The van der Waals surface area contributed by atoms with Crippen LogP contribution in [-0.2, 0) is 42.9 Å². The van der Waals surface area contributed by atoms with Gasteiger partial charge in [-0.3, -0.25) is 14.4 Å². The summed E-state index contributed by atoms with van der Waals surface area (Å²) >= 11 is 0. The number of aliphatic hydroxyl groups is 1. The molecule has 0 aliphatic carbocycles. The van der Waals surface area contributed by atoms with E-state index in [0.29, 0.717) is 19.4 Å². The van der Waals surface area contributed by atoms with Crippen molar-refractivity contribution in [3.05, 3.63) is 0 Å². The number of methoxy groups -OCH3 is 1. The average molecular weight is 643 g/mol. The lowest BCUT2D eigenvalue weighted by molar-refractivity contribution is -0.296. The highest BCUT2D eigenvalue weighted by Gasteiger charge is 2.55. The fraction of sp³-hybridized carbons (Fsp3) is 0.875. The lowest BCUT2D eigenvalue weighted by Gasteiger charge is -2.46. The first-order valence-corrected chi connectivity index (χ1v) is 16.0. The summed E-state index contributed by atoms with van der Waals surface area (Å²) < 4.78 is 30.0. The molecule has 3 aliphatic rings. The van der Waals surface area contributed by atoms with Crippen LogP contribution < -0.4 is 5.32 Å². The Labute approximate surface area is 266 Å². The molecule has 13 atom stereocenters. The van der Waals surface area contributed by atoms with Gasteiger partial charge in [0.25, 0.3) is 0 Å². The van der Waals surface area contributed by atoms with Gasteiger partial charge in [0.05, 0.1) is 18.1 Å². The number of ketones is 1. The van der Waals surface area contributed by atoms with Crippen LogP contribution in [-0.4, -0.2) is 121 Å². The molecule has 0 aromatic rings. The Morgan fingerprint density at radius 2 is 1.78 bits per heavy atom. The van der Waals surface area contributed by atoms with Crippen LogP contribution >= 0.6 is 0 Å². The van der Waals surface area contributed by atoms with Crippen LogP contribution in [0.4, 0.5) is 0 Å². The number of likely N-dealkylation sites (N-methyl/N-ethyl adjacent to an activating group) is 1. The molecule has 3 heterocycles. The number of esters is 2. The predicted octanol–water partition coefficient (Wildman–Crippen LogP) is 1.77. The predicted molar refractivity (Wildman–Crippen MR) is 162 cm³/mol. The van der Waals surface area contributed by atoms with Gasteiger partial charge in [0.15, 0.2) is 23.8 Å². The number of carbonyl (C=O) groups excluding carboxylic acids is 3. The fourth-order valence-corrected chi connectivity index (χ4v) is 7.40. The lowest BCUT2D eigenvalue weighted by Crippen LogP contribution is -2.60. The Bertz CT molecular complexity index is 1090. The number of nitrogens with zero attached hydrogens (tertiary/aromatic N) is 1. The minimum absolute atomic E-state index is 0.0315. The largest absolute Gasteiger partial charge is 0.479 e. The van der Waals surface area contributed by atoms with Gasteiger partial charge >= 0.3 is 17.9 Å². The van der Waals surface area contributed by atoms with E-state index < -0.39 is 77.5 Å². The normalized spacial score (nSPS) is 44.0. The second-order valence-electron chi connectivity index (χ2n) is 13.9. The number of ether oxygens (including phenoxy) is 5. The quantitative estimate of drug-likeness (QED) is 0.283. The Morgan fingerprint density at radius 3 is 2.33 bits per heavy atom. The molecule has 0 aromatic carbocycles. The molecule has 3 N–H and O–H groups in total. The first-order chi connectivity index (χ1) is 20.9. The summed E-state index contributed by atoms with van der Waals surface area (Å²) in [7, 11) is 4.96. The molecule has 3 saturated heterocycles. The van der Waals surface area contributed by atoms with Crippen molar-refractivity contribution in [2.45, 2.75) is 128 Å². The topological polar surface area (TPSA) is 170 Å². The van der Waals surface area contributed by atoms with E-state index in [1.807, 2.05) is 20.8 Å². The summed E-state index contributed by atoms with van der Waals surface area (Å²) in [5, 5.41) is 24.6. The summed E-state index contributed by atoms with van der Waals surface area (Å²) in [6, 6.07) is -0.770. The van der Waals surface area contributed by atoms with E-state index in [0.717, 1.165) is 0 Å². The molecule has 13 nitrogen and oxygen atoms in total. The number of carboxylic acid groups (broad SMARTS) is 1. The van der Waals surface area contributed by atoms with Crippen LogP contribution in [0.5, 0.6) is 0 Å². The monoisotopic (exact) mass is 642 g/mol. The van der Waals surface area contributed by atoms with Gasteiger partial charge in [0.1, 0.15) is 18.1 Å². The Kier molecular flexibility index (Phi) is 12.2. The number of cyclic esters (lactones) is 1. The van der Waals surface area contributed by atoms with Crippen molar-refractivity contribution in [1.82, 2.24) is 10.2 Å². The van der Waals surface area contributed by atoms with Crippen molar-refractivity contribution < 1.29 is 53.1 Å². The summed E-state index contributed by atoms with van der Waals surface area (Å²) in [5.74, 6) is -5.28. The van der Waals surface area contributed by atoms with Crippen LogP contribution in [0.25, 0.3) is 0 Å². The molecule has 258 valence electrons. The summed E-state index contributed by atoms with van der Waals surface area (Å²) in [4.78, 5) is 53.8. The third kappa shape index (κ3) is 7.87. The van der Waals surface area contributed by atoms with Gasteiger partial charge in [-0.15, -0.1) is 0 Å². The van der Waals surface area contributed by atoms with Crippen molar-refractivity contribution in [2.24, 2.45) is 23.7 Å². The lowest BCUT2D eigenvalue weighted by atomic mass is 9.78. The minimum Gasteiger partial charge on any atom is -0.479 e. The van der Waals surface area contributed by atoms with E-state index >= 15 is 0 Å². The Morgan fingerprint density at radius 1 is 1.13 bits per heavy atom. The fourth-order valence-electron chi connectivity index (χ4n) is 7.40.